The molecule has 0 radical (unpaired) electrons. The molecule has 1 saturated heterocycles. The van der Waals surface area contributed by atoms with Crippen molar-refractivity contribution < 1.29 is 14.7 Å². The fourth-order valence-corrected chi connectivity index (χ4v) is 6.44. The number of para-hydroxylation sites is 1. The van der Waals surface area contributed by atoms with Crippen LogP contribution in [0.25, 0.3) is 33.0 Å². The first-order valence-corrected chi connectivity index (χ1v) is 14.0. The van der Waals surface area contributed by atoms with Gasteiger partial charge in [0.1, 0.15) is 0 Å². The van der Waals surface area contributed by atoms with E-state index in [2.05, 4.69) is 15.2 Å². The first kappa shape index (κ1) is 24.0. The molecule has 2 aromatic heterocycles. The molecule has 37 heavy (non-hydrogen) atoms. The number of aromatic nitrogens is 2. The van der Waals surface area contributed by atoms with E-state index >= 15 is 0 Å². The number of β-amino-alcohol motifs (C(OH)–C–C–N with tert-alkyl or cyclic N) is 1. The normalized spacial score (nSPS) is 17.8. The topological polar surface area (TPSA) is 90.4 Å². The lowest BCUT2D eigenvalue weighted by Crippen LogP contribution is -2.37. The molecule has 3 N–H and O–H groups in total. The molecule has 1 unspecified atom stereocenters. The Balaban J connectivity index is 1.49. The number of rotatable bonds is 7. The zero-order chi connectivity index (χ0) is 25.5. The number of aliphatic hydroxyl groups excluding tert-OH is 1. The summed E-state index contributed by atoms with van der Waals surface area (Å²) in [6.45, 7) is 3.08. The molecule has 7 nitrogen and oxygen atoms in total. The summed E-state index contributed by atoms with van der Waals surface area (Å²) in [6, 6.07) is 13.8. The molecule has 2 aromatic carbocycles. The molecule has 0 spiro atoms. The smallest absolute Gasteiger partial charge is 0.259 e. The number of hydrogen-bond acceptors (Lipinski definition) is 5. The Labute approximate surface area is 219 Å². The summed E-state index contributed by atoms with van der Waals surface area (Å²) in [5, 5.41) is 15.4. The maximum Gasteiger partial charge on any atom is 0.259 e. The number of fused-ring (bicyclic) bond motifs is 2. The minimum atomic E-state index is -0.541. The number of carbonyl (C=O) groups is 2. The summed E-state index contributed by atoms with van der Waals surface area (Å²) < 4.78 is 2.04. The number of thioether (sulfide) groups is 1. The van der Waals surface area contributed by atoms with Crippen LogP contribution in [0.3, 0.4) is 0 Å². The van der Waals surface area contributed by atoms with E-state index in [-0.39, 0.29) is 0 Å². The van der Waals surface area contributed by atoms with E-state index in [9.17, 15) is 14.7 Å². The van der Waals surface area contributed by atoms with Crippen molar-refractivity contribution in [1.29, 1.82) is 0 Å². The average molecular weight is 515 g/mol. The number of likely N-dealkylation sites (tertiary alicyclic amines) is 1. The van der Waals surface area contributed by atoms with E-state index in [4.69, 9.17) is 0 Å². The largest absolute Gasteiger partial charge is 0.390 e. The number of piperidine rings is 1. The molecule has 6 rings (SSSR count). The molecule has 1 fully saturated rings. The van der Waals surface area contributed by atoms with Crippen molar-refractivity contribution in [3.8, 4) is 0 Å². The zero-order valence-corrected chi connectivity index (χ0v) is 21.6. The van der Waals surface area contributed by atoms with Gasteiger partial charge in [0.25, 0.3) is 11.8 Å². The second-order valence-corrected chi connectivity index (χ2v) is 10.7. The van der Waals surface area contributed by atoms with Crippen molar-refractivity contribution in [2.75, 3.05) is 25.9 Å². The van der Waals surface area contributed by atoms with Gasteiger partial charge in [-0.25, -0.2) is 0 Å². The predicted molar refractivity (Wildman–Crippen MR) is 148 cm³/mol. The van der Waals surface area contributed by atoms with Crippen molar-refractivity contribution in [3.05, 3.63) is 66.0 Å². The number of benzene rings is 2. The van der Waals surface area contributed by atoms with Crippen LogP contribution >= 0.6 is 11.8 Å². The van der Waals surface area contributed by atoms with E-state index in [1.807, 2.05) is 59.5 Å². The number of amides is 2. The number of imide groups is 1. The Morgan fingerprint density at radius 1 is 0.946 bits per heavy atom. The highest BCUT2D eigenvalue weighted by Gasteiger charge is 2.35. The Hall–Kier alpha value is -3.33. The third-order valence-electron chi connectivity index (χ3n) is 7.47. The first-order chi connectivity index (χ1) is 18.0. The van der Waals surface area contributed by atoms with Crippen LogP contribution in [0.15, 0.2) is 59.8 Å². The SMILES string of the molecule is CSc1cccc2c1c(C1=C(c3c[nH]c4ccccc34)C(=O)NC1=O)cn2CC(O)CN1CCCCC1. The van der Waals surface area contributed by atoms with Crippen molar-refractivity contribution in [3.63, 3.8) is 0 Å². The Morgan fingerprint density at radius 3 is 2.49 bits per heavy atom. The van der Waals surface area contributed by atoms with Gasteiger partial charge in [0.2, 0.25) is 0 Å². The van der Waals surface area contributed by atoms with Crippen LogP contribution in [0.5, 0.6) is 0 Å². The first-order valence-electron chi connectivity index (χ1n) is 12.8. The lowest BCUT2D eigenvalue weighted by molar-refractivity contribution is -0.122. The van der Waals surface area contributed by atoms with E-state index < -0.39 is 17.9 Å². The lowest BCUT2D eigenvalue weighted by Gasteiger charge is -2.28. The maximum absolute atomic E-state index is 13.3. The minimum absolute atomic E-state index is 0.380. The minimum Gasteiger partial charge on any atom is -0.390 e. The van der Waals surface area contributed by atoms with Crippen molar-refractivity contribution >= 4 is 56.5 Å². The number of nitrogens with zero attached hydrogens (tertiary/aromatic N) is 2. The zero-order valence-electron chi connectivity index (χ0n) is 20.8. The molecule has 0 aliphatic carbocycles. The summed E-state index contributed by atoms with van der Waals surface area (Å²) in [5.41, 5.74) is 4.04. The standard InChI is InChI=1S/C29H30N4O3S/c1-37-24-11-7-10-23-25(24)21(17-33(23)16-18(34)15-32-12-5-2-6-13-32)27-26(28(35)31-29(27)36)20-14-30-22-9-4-3-8-19(20)22/h3-4,7-11,14,17-18,30,34H,2,5-6,12-13,15-16H2,1H3,(H,31,35,36). The van der Waals surface area contributed by atoms with Gasteiger partial charge >= 0.3 is 0 Å². The quantitative estimate of drug-likeness (QED) is 0.253. The van der Waals surface area contributed by atoms with Crippen LogP contribution in [-0.4, -0.2) is 63.4 Å². The highest BCUT2D eigenvalue weighted by atomic mass is 32.2. The van der Waals surface area contributed by atoms with Gasteiger partial charge in [-0.15, -0.1) is 11.8 Å². The molecule has 0 bridgehead atoms. The summed E-state index contributed by atoms with van der Waals surface area (Å²) >= 11 is 1.61. The second kappa shape index (κ2) is 9.85. The van der Waals surface area contributed by atoms with E-state index in [1.165, 1.54) is 19.3 Å². The van der Waals surface area contributed by atoms with Gasteiger partial charge < -0.3 is 19.6 Å². The predicted octanol–water partition coefficient (Wildman–Crippen LogP) is 4.26. The van der Waals surface area contributed by atoms with Crippen molar-refractivity contribution in [2.24, 2.45) is 0 Å². The van der Waals surface area contributed by atoms with E-state index in [1.54, 1.807) is 18.0 Å². The van der Waals surface area contributed by atoms with Crippen LogP contribution in [0.1, 0.15) is 30.4 Å². The van der Waals surface area contributed by atoms with Gasteiger partial charge in [-0.2, -0.15) is 0 Å². The van der Waals surface area contributed by atoms with Gasteiger partial charge in [-0.3, -0.25) is 14.9 Å². The van der Waals surface area contributed by atoms with Crippen LogP contribution in [-0.2, 0) is 16.1 Å². The van der Waals surface area contributed by atoms with E-state index in [0.717, 1.165) is 39.8 Å². The fraction of sp³-hybridized carbons (Fsp3) is 0.310. The monoisotopic (exact) mass is 514 g/mol. The van der Waals surface area contributed by atoms with Crippen molar-refractivity contribution in [2.45, 2.75) is 36.8 Å². The molecule has 2 aliphatic rings. The molecule has 0 saturated carbocycles. The van der Waals surface area contributed by atoms with Crippen LogP contribution in [0.2, 0.25) is 0 Å². The van der Waals surface area contributed by atoms with Crippen LogP contribution < -0.4 is 5.32 Å². The van der Waals surface area contributed by atoms with Crippen LogP contribution in [0, 0.1) is 0 Å². The van der Waals surface area contributed by atoms with Gasteiger partial charge in [0.05, 0.1) is 17.3 Å². The summed E-state index contributed by atoms with van der Waals surface area (Å²) in [7, 11) is 0. The molecule has 8 heteroatoms. The molecular formula is C29H30N4O3S. The molecule has 2 aliphatic heterocycles. The third kappa shape index (κ3) is 4.29. The third-order valence-corrected chi connectivity index (χ3v) is 8.25. The van der Waals surface area contributed by atoms with Gasteiger partial charge in [0.15, 0.2) is 0 Å². The van der Waals surface area contributed by atoms with Gasteiger partial charge in [-0.1, -0.05) is 30.7 Å². The fourth-order valence-electron chi connectivity index (χ4n) is 5.80. The highest BCUT2D eigenvalue weighted by molar-refractivity contribution is 7.98. The number of aromatic amines is 1. The second-order valence-electron chi connectivity index (χ2n) is 9.85. The number of aliphatic hydroxyl groups is 1. The summed E-state index contributed by atoms with van der Waals surface area (Å²) in [4.78, 5) is 33.0. The molecule has 4 heterocycles. The molecule has 190 valence electrons. The van der Waals surface area contributed by atoms with E-state index in [0.29, 0.717) is 35.4 Å². The Bertz CT molecular complexity index is 1540. The molecule has 4 aromatic rings. The summed E-state index contributed by atoms with van der Waals surface area (Å²) in [6.07, 6.45) is 8.81. The van der Waals surface area contributed by atoms with Gasteiger partial charge in [0, 0.05) is 63.3 Å². The Kier molecular flexibility index (Phi) is 6.40. The van der Waals surface area contributed by atoms with Crippen molar-refractivity contribution in [1.82, 2.24) is 19.8 Å². The Morgan fingerprint density at radius 2 is 1.70 bits per heavy atom. The highest BCUT2D eigenvalue weighted by Crippen LogP contribution is 2.41. The lowest BCUT2D eigenvalue weighted by atomic mass is 9.95. The number of nitrogens with one attached hydrogen (secondary N) is 2. The average Bonchev–Trinajstić information content (AvgIpc) is 3.57. The maximum atomic E-state index is 13.3. The molecule has 1 atom stereocenters. The molecular weight excluding hydrogens is 484 g/mol. The van der Waals surface area contributed by atoms with Gasteiger partial charge in [-0.05, 0) is 50.4 Å². The summed E-state index contributed by atoms with van der Waals surface area (Å²) in [5.74, 6) is -0.786. The number of carbonyl (C=O) groups excluding carboxylic acids is 2. The number of hydrogen-bond donors (Lipinski definition) is 3. The number of H-pyrrole nitrogens is 1. The van der Waals surface area contributed by atoms with Crippen LogP contribution in [0.4, 0.5) is 0 Å². The molecule has 2 amide bonds.